The first-order valence-corrected chi connectivity index (χ1v) is 10.1. The number of rotatable bonds is 4. The van der Waals surface area contributed by atoms with Crippen LogP contribution in [0.2, 0.25) is 0 Å². The fourth-order valence-corrected chi connectivity index (χ4v) is 4.06. The minimum atomic E-state index is -2.70. The molecule has 0 unspecified atom stereocenters. The van der Waals surface area contributed by atoms with E-state index < -0.39 is 17.3 Å². The molecule has 2 aromatic heterocycles. The Morgan fingerprint density at radius 3 is 2.36 bits per heavy atom. The van der Waals surface area contributed by atoms with Crippen molar-refractivity contribution in [1.82, 2.24) is 14.9 Å². The van der Waals surface area contributed by atoms with Crippen LogP contribution in [0.4, 0.5) is 8.78 Å². The van der Waals surface area contributed by atoms with E-state index in [-0.39, 0.29) is 41.2 Å². The molecule has 9 heteroatoms. The van der Waals surface area contributed by atoms with Gasteiger partial charge in [-0.25, -0.2) is 8.78 Å². The maximum absolute atomic E-state index is 15.0. The second kappa shape index (κ2) is 7.72. The Labute approximate surface area is 188 Å². The van der Waals surface area contributed by atoms with Gasteiger partial charge in [0.2, 0.25) is 0 Å². The first-order chi connectivity index (χ1) is 15.7. The number of carbonyl (C=O) groups is 1. The van der Waals surface area contributed by atoms with Gasteiger partial charge in [-0.2, -0.15) is 0 Å². The van der Waals surface area contributed by atoms with Gasteiger partial charge in [-0.05, 0) is 53.6 Å². The van der Waals surface area contributed by atoms with Crippen molar-refractivity contribution in [3.63, 3.8) is 0 Å². The zero-order valence-corrected chi connectivity index (χ0v) is 17.2. The van der Waals surface area contributed by atoms with E-state index in [1.807, 2.05) is 0 Å². The lowest BCUT2D eigenvalue weighted by atomic mass is 9.84. The third-order valence-electron chi connectivity index (χ3n) is 5.67. The minimum absolute atomic E-state index is 0.103. The summed E-state index contributed by atoms with van der Waals surface area (Å²) < 4.78 is 30.0. The standard InChI is InChI=1S/C24H16BF2N3O3/c25-24(32,33)18-8-14(7-13-3-1-6-29-22(13)18)15-9-19(26)17(20(27)10-15)11-30-12-21-16(23(30)31)4-2-5-28-21/h1-10,32-33H,11-12H2. The highest BCUT2D eigenvalue weighted by molar-refractivity contribution is 6.14. The van der Waals surface area contributed by atoms with E-state index in [2.05, 4.69) is 9.97 Å². The molecule has 3 heterocycles. The van der Waals surface area contributed by atoms with Crippen LogP contribution in [-0.2, 0) is 18.8 Å². The Hall–Kier alpha value is -3.69. The Kier molecular flexibility index (Phi) is 4.95. The van der Waals surface area contributed by atoms with Crippen LogP contribution in [0.3, 0.4) is 0 Å². The Morgan fingerprint density at radius 1 is 1.00 bits per heavy atom. The normalized spacial score (nSPS) is 13.6. The molecule has 0 atom stereocenters. The lowest BCUT2D eigenvalue weighted by Crippen LogP contribution is -2.25. The van der Waals surface area contributed by atoms with Gasteiger partial charge >= 0.3 is 0 Å². The van der Waals surface area contributed by atoms with Crippen molar-refractivity contribution < 1.29 is 23.8 Å². The molecule has 0 bridgehead atoms. The smallest absolute Gasteiger partial charge is 0.256 e. The highest BCUT2D eigenvalue weighted by Gasteiger charge is 2.30. The lowest BCUT2D eigenvalue weighted by molar-refractivity contribution is -0.0899. The summed E-state index contributed by atoms with van der Waals surface area (Å²) in [5, 5.41) is 20.5. The van der Waals surface area contributed by atoms with Crippen LogP contribution in [0.25, 0.3) is 22.0 Å². The van der Waals surface area contributed by atoms with Crippen LogP contribution < -0.4 is 0 Å². The number of amides is 1. The van der Waals surface area contributed by atoms with E-state index >= 15 is 8.78 Å². The van der Waals surface area contributed by atoms with E-state index in [4.69, 9.17) is 7.85 Å². The van der Waals surface area contributed by atoms with Gasteiger partial charge < -0.3 is 15.1 Å². The summed E-state index contributed by atoms with van der Waals surface area (Å²) in [6.07, 6.45) is 3.03. The van der Waals surface area contributed by atoms with Crippen molar-refractivity contribution in [3.8, 4) is 11.1 Å². The van der Waals surface area contributed by atoms with Gasteiger partial charge in [0.25, 0.3) is 5.91 Å². The van der Waals surface area contributed by atoms with Crippen LogP contribution in [0.5, 0.6) is 0 Å². The molecule has 1 aliphatic rings. The predicted molar refractivity (Wildman–Crippen MR) is 117 cm³/mol. The zero-order chi connectivity index (χ0) is 23.3. The summed E-state index contributed by atoms with van der Waals surface area (Å²) in [6, 6.07) is 11.8. The van der Waals surface area contributed by atoms with Crippen LogP contribution in [0.15, 0.2) is 60.9 Å². The molecule has 0 aliphatic carbocycles. The fourth-order valence-electron chi connectivity index (χ4n) is 4.06. The molecule has 4 aromatic rings. The van der Waals surface area contributed by atoms with E-state index in [1.54, 1.807) is 36.5 Å². The fraction of sp³-hybridized carbons (Fsp3) is 0.125. The van der Waals surface area contributed by atoms with E-state index in [0.717, 1.165) is 12.1 Å². The number of nitrogens with zero attached hydrogens (tertiary/aromatic N) is 3. The first kappa shape index (κ1) is 21.2. The Morgan fingerprint density at radius 2 is 1.67 bits per heavy atom. The molecule has 2 radical (unpaired) electrons. The van der Waals surface area contributed by atoms with Gasteiger partial charge in [0.1, 0.15) is 17.3 Å². The molecule has 1 aliphatic heterocycles. The molecule has 1 amide bonds. The van der Waals surface area contributed by atoms with Crippen LogP contribution in [0, 0.1) is 11.6 Å². The number of benzene rings is 2. The highest BCUT2D eigenvalue weighted by atomic mass is 19.1. The summed E-state index contributed by atoms with van der Waals surface area (Å²) in [5.41, 5.74) is -1.32. The molecule has 162 valence electrons. The molecule has 0 fully saturated rings. The van der Waals surface area contributed by atoms with Gasteiger partial charge in [0.05, 0.1) is 29.9 Å². The van der Waals surface area contributed by atoms with Gasteiger partial charge in [-0.3, -0.25) is 14.8 Å². The predicted octanol–water partition coefficient (Wildman–Crippen LogP) is 2.99. The molecule has 5 rings (SSSR count). The van der Waals surface area contributed by atoms with Crippen LogP contribution in [0.1, 0.15) is 27.2 Å². The Bertz CT molecular complexity index is 1400. The summed E-state index contributed by atoms with van der Waals surface area (Å²) in [5.74, 6) is -2.00. The van der Waals surface area contributed by atoms with Gasteiger partial charge in [-0.1, -0.05) is 6.07 Å². The van der Waals surface area contributed by atoms with Crippen LogP contribution >= 0.6 is 0 Å². The van der Waals surface area contributed by atoms with Gasteiger partial charge in [0, 0.05) is 28.9 Å². The molecule has 33 heavy (non-hydrogen) atoms. The number of carbonyl (C=O) groups excluding carboxylic acids is 1. The number of fused-ring (bicyclic) bond motifs is 2. The van der Waals surface area contributed by atoms with Crippen molar-refractivity contribution in [2.24, 2.45) is 0 Å². The topological polar surface area (TPSA) is 86.5 Å². The van der Waals surface area contributed by atoms with Crippen molar-refractivity contribution in [3.05, 3.63) is 94.9 Å². The molecular weight excluding hydrogens is 427 g/mol. The van der Waals surface area contributed by atoms with E-state index in [1.165, 1.54) is 17.2 Å². The molecule has 0 spiro atoms. The largest absolute Gasteiger partial charge is 0.371 e. The summed E-state index contributed by atoms with van der Waals surface area (Å²) in [4.78, 5) is 22.1. The quantitative estimate of drug-likeness (QED) is 0.374. The second-order valence-electron chi connectivity index (χ2n) is 7.90. The van der Waals surface area contributed by atoms with E-state index in [9.17, 15) is 15.0 Å². The van der Waals surface area contributed by atoms with E-state index in [0.29, 0.717) is 22.2 Å². The minimum Gasteiger partial charge on any atom is -0.371 e. The lowest BCUT2D eigenvalue weighted by Gasteiger charge is -2.21. The maximum atomic E-state index is 15.0. The van der Waals surface area contributed by atoms with Gasteiger partial charge in [0.15, 0.2) is 7.85 Å². The number of hydrogen-bond donors (Lipinski definition) is 2. The first-order valence-electron chi connectivity index (χ1n) is 10.1. The number of halogens is 2. The maximum Gasteiger partial charge on any atom is 0.256 e. The SMILES string of the molecule is [B]C(O)(O)c1cc(-c2cc(F)c(CN3Cc4ncccc4C3=O)c(F)c2)cc2cccnc12. The zero-order valence-electron chi connectivity index (χ0n) is 17.2. The Balaban J connectivity index is 1.52. The van der Waals surface area contributed by atoms with Crippen molar-refractivity contribution in [2.45, 2.75) is 18.8 Å². The second-order valence-corrected chi connectivity index (χ2v) is 7.90. The average Bonchev–Trinajstić information content (AvgIpc) is 3.10. The summed E-state index contributed by atoms with van der Waals surface area (Å²) in [6.45, 7) is -0.0819. The molecule has 2 aromatic carbocycles. The number of hydrogen-bond acceptors (Lipinski definition) is 5. The molecule has 6 nitrogen and oxygen atoms in total. The van der Waals surface area contributed by atoms with Crippen molar-refractivity contribution >= 4 is 24.7 Å². The molecule has 2 N–H and O–H groups in total. The number of aromatic nitrogens is 2. The molecular formula is C24H16BF2N3O3. The van der Waals surface area contributed by atoms with Crippen LogP contribution in [-0.4, -0.2) is 38.8 Å². The number of pyridine rings is 2. The van der Waals surface area contributed by atoms with Crippen molar-refractivity contribution in [2.75, 3.05) is 0 Å². The third-order valence-corrected chi connectivity index (χ3v) is 5.67. The molecule has 0 saturated carbocycles. The van der Waals surface area contributed by atoms with Gasteiger partial charge in [-0.15, -0.1) is 0 Å². The third kappa shape index (κ3) is 3.75. The summed E-state index contributed by atoms with van der Waals surface area (Å²) in [7, 11) is 5.47. The monoisotopic (exact) mass is 443 g/mol. The summed E-state index contributed by atoms with van der Waals surface area (Å²) >= 11 is 0. The van der Waals surface area contributed by atoms with Crippen molar-refractivity contribution in [1.29, 1.82) is 0 Å². The number of aliphatic hydroxyl groups is 2. The molecule has 0 saturated heterocycles. The highest BCUT2D eigenvalue weighted by Crippen LogP contribution is 2.33. The average molecular weight is 443 g/mol.